The summed E-state index contributed by atoms with van der Waals surface area (Å²) in [5, 5.41) is 0.445. The lowest BCUT2D eigenvalue weighted by Crippen LogP contribution is -2.31. The van der Waals surface area contributed by atoms with Crippen LogP contribution in [0, 0.1) is 0 Å². The van der Waals surface area contributed by atoms with Crippen LogP contribution in [0.1, 0.15) is 13.3 Å². The van der Waals surface area contributed by atoms with Crippen molar-refractivity contribution in [1.82, 2.24) is 4.90 Å². The molecule has 2 nitrogen and oxygen atoms in total. The molecule has 0 rings (SSSR count). The van der Waals surface area contributed by atoms with Crippen LogP contribution < -0.4 is 5.73 Å². The SMILES string of the molecule is CCC=CCN(C)C(N)=S. The number of thiocarbonyl (C=S) groups is 1. The molecule has 3 heteroatoms. The number of nitrogens with zero attached hydrogens (tertiary/aromatic N) is 1. The first-order valence-electron chi connectivity index (χ1n) is 3.34. The molecule has 0 fully saturated rings. The molecule has 10 heavy (non-hydrogen) atoms. The molecular formula is C7H14N2S. The zero-order valence-corrected chi connectivity index (χ0v) is 7.32. The predicted molar refractivity (Wildman–Crippen MR) is 48.8 cm³/mol. The maximum Gasteiger partial charge on any atom is 0.166 e. The van der Waals surface area contributed by atoms with E-state index in [1.807, 2.05) is 11.9 Å². The fraction of sp³-hybridized carbons (Fsp3) is 0.571. The second kappa shape index (κ2) is 5.23. The van der Waals surface area contributed by atoms with E-state index in [4.69, 9.17) is 18.0 Å². The Morgan fingerprint density at radius 1 is 1.60 bits per heavy atom. The summed E-state index contributed by atoms with van der Waals surface area (Å²) < 4.78 is 0. The van der Waals surface area contributed by atoms with Gasteiger partial charge in [0.2, 0.25) is 0 Å². The lowest BCUT2D eigenvalue weighted by molar-refractivity contribution is 0.568. The molecule has 0 amide bonds. The second-order valence-electron chi connectivity index (χ2n) is 2.10. The molecule has 58 valence electrons. The Bertz CT molecular complexity index is 132. The summed E-state index contributed by atoms with van der Waals surface area (Å²) in [6.07, 6.45) is 5.21. The van der Waals surface area contributed by atoms with E-state index in [9.17, 15) is 0 Å². The van der Waals surface area contributed by atoms with Gasteiger partial charge in [0.15, 0.2) is 5.11 Å². The minimum absolute atomic E-state index is 0.445. The molecule has 0 aromatic rings. The van der Waals surface area contributed by atoms with Crippen LogP contribution in [0.5, 0.6) is 0 Å². The Morgan fingerprint density at radius 2 is 2.20 bits per heavy atom. The number of nitrogens with two attached hydrogens (primary N) is 1. The van der Waals surface area contributed by atoms with Gasteiger partial charge < -0.3 is 10.6 Å². The molecule has 0 aromatic carbocycles. The van der Waals surface area contributed by atoms with E-state index >= 15 is 0 Å². The van der Waals surface area contributed by atoms with Gasteiger partial charge in [-0.1, -0.05) is 19.1 Å². The van der Waals surface area contributed by atoms with Gasteiger partial charge in [-0.15, -0.1) is 0 Å². The highest BCUT2D eigenvalue weighted by molar-refractivity contribution is 7.80. The van der Waals surface area contributed by atoms with Crippen molar-refractivity contribution in [3.8, 4) is 0 Å². The zero-order valence-electron chi connectivity index (χ0n) is 6.50. The van der Waals surface area contributed by atoms with Gasteiger partial charge in [-0.05, 0) is 18.6 Å². The van der Waals surface area contributed by atoms with Crippen molar-refractivity contribution >= 4 is 17.3 Å². The minimum Gasteiger partial charge on any atom is -0.376 e. The van der Waals surface area contributed by atoms with Crippen LogP contribution in [0.15, 0.2) is 12.2 Å². The Morgan fingerprint density at radius 3 is 2.60 bits per heavy atom. The number of rotatable bonds is 3. The molecule has 0 saturated heterocycles. The number of hydrogen-bond acceptors (Lipinski definition) is 1. The minimum atomic E-state index is 0.445. The molecule has 0 aliphatic carbocycles. The third-order valence-electron chi connectivity index (χ3n) is 1.16. The fourth-order valence-electron chi connectivity index (χ4n) is 0.489. The summed E-state index contributed by atoms with van der Waals surface area (Å²) in [5.74, 6) is 0. The molecule has 0 heterocycles. The summed E-state index contributed by atoms with van der Waals surface area (Å²) >= 11 is 4.74. The number of likely N-dealkylation sites (N-methyl/N-ethyl adjacent to an activating group) is 1. The largest absolute Gasteiger partial charge is 0.376 e. The molecule has 0 saturated carbocycles. The quantitative estimate of drug-likeness (QED) is 0.493. The molecule has 0 radical (unpaired) electrons. The topological polar surface area (TPSA) is 29.3 Å². The van der Waals surface area contributed by atoms with Gasteiger partial charge in [0.25, 0.3) is 0 Å². The smallest absolute Gasteiger partial charge is 0.166 e. The molecular weight excluding hydrogens is 144 g/mol. The van der Waals surface area contributed by atoms with Crippen LogP contribution in [-0.2, 0) is 0 Å². The molecule has 0 bridgehead atoms. The molecule has 0 spiro atoms. The lowest BCUT2D eigenvalue weighted by Gasteiger charge is -2.13. The van der Waals surface area contributed by atoms with Crippen molar-refractivity contribution in [2.75, 3.05) is 13.6 Å². The van der Waals surface area contributed by atoms with Crippen molar-refractivity contribution in [3.05, 3.63) is 12.2 Å². The van der Waals surface area contributed by atoms with Gasteiger partial charge in [-0.3, -0.25) is 0 Å². The first-order chi connectivity index (χ1) is 4.68. The van der Waals surface area contributed by atoms with Gasteiger partial charge in [0, 0.05) is 13.6 Å². The van der Waals surface area contributed by atoms with E-state index in [2.05, 4.69) is 19.1 Å². The normalized spacial score (nSPS) is 10.2. The third kappa shape index (κ3) is 4.32. The van der Waals surface area contributed by atoms with E-state index in [0.717, 1.165) is 13.0 Å². The number of allylic oxidation sites excluding steroid dienone is 1. The van der Waals surface area contributed by atoms with E-state index < -0.39 is 0 Å². The van der Waals surface area contributed by atoms with Crippen molar-refractivity contribution in [1.29, 1.82) is 0 Å². The van der Waals surface area contributed by atoms with E-state index in [-0.39, 0.29) is 0 Å². The van der Waals surface area contributed by atoms with Gasteiger partial charge in [0.1, 0.15) is 0 Å². The molecule has 0 aliphatic heterocycles. The molecule has 2 N–H and O–H groups in total. The standard InChI is InChI=1S/C7H14N2S/c1-3-4-5-6-9(2)7(8)10/h4-5H,3,6H2,1-2H3,(H2,8,10). The summed E-state index contributed by atoms with van der Waals surface area (Å²) in [6, 6.07) is 0. The second-order valence-corrected chi connectivity index (χ2v) is 2.52. The monoisotopic (exact) mass is 158 g/mol. The Labute approximate surface area is 67.7 Å². The maximum atomic E-state index is 5.34. The third-order valence-corrected chi connectivity index (χ3v) is 1.47. The zero-order chi connectivity index (χ0) is 7.98. The average Bonchev–Trinajstić information content (AvgIpc) is 1.88. The van der Waals surface area contributed by atoms with E-state index in [1.54, 1.807) is 0 Å². The van der Waals surface area contributed by atoms with E-state index in [1.165, 1.54) is 0 Å². The first kappa shape index (κ1) is 9.43. The van der Waals surface area contributed by atoms with Crippen LogP contribution in [0.3, 0.4) is 0 Å². The Kier molecular flexibility index (Phi) is 4.94. The van der Waals surface area contributed by atoms with Crippen LogP contribution >= 0.6 is 12.2 Å². The molecule has 0 unspecified atom stereocenters. The van der Waals surface area contributed by atoms with Gasteiger partial charge in [-0.25, -0.2) is 0 Å². The summed E-state index contributed by atoms with van der Waals surface area (Å²) in [5.41, 5.74) is 5.34. The van der Waals surface area contributed by atoms with E-state index in [0.29, 0.717) is 5.11 Å². The summed E-state index contributed by atoms with van der Waals surface area (Å²) in [6.45, 7) is 2.90. The van der Waals surface area contributed by atoms with Crippen LogP contribution in [0.25, 0.3) is 0 Å². The highest BCUT2D eigenvalue weighted by Crippen LogP contribution is 1.84. The molecule has 0 aromatic heterocycles. The van der Waals surface area contributed by atoms with Gasteiger partial charge in [-0.2, -0.15) is 0 Å². The van der Waals surface area contributed by atoms with Gasteiger partial charge in [0.05, 0.1) is 0 Å². The summed E-state index contributed by atoms with van der Waals surface area (Å²) in [4.78, 5) is 1.82. The predicted octanol–water partition coefficient (Wildman–Crippen LogP) is 1.13. The van der Waals surface area contributed by atoms with Crippen LogP contribution in [-0.4, -0.2) is 23.6 Å². The molecule has 0 aliphatic rings. The highest BCUT2D eigenvalue weighted by atomic mass is 32.1. The number of hydrogen-bond donors (Lipinski definition) is 1. The first-order valence-corrected chi connectivity index (χ1v) is 3.75. The van der Waals surface area contributed by atoms with Crippen LogP contribution in [0.2, 0.25) is 0 Å². The fourth-order valence-corrected chi connectivity index (χ4v) is 0.564. The van der Waals surface area contributed by atoms with Gasteiger partial charge >= 0.3 is 0 Å². The van der Waals surface area contributed by atoms with Crippen molar-refractivity contribution in [3.63, 3.8) is 0 Å². The Hall–Kier alpha value is -0.570. The molecule has 0 atom stereocenters. The van der Waals surface area contributed by atoms with Crippen molar-refractivity contribution in [2.45, 2.75) is 13.3 Å². The summed E-state index contributed by atoms with van der Waals surface area (Å²) in [7, 11) is 1.88. The van der Waals surface area contributed by atoms with Crippen molar-refractivity contribution in [2.24, 2.45) is 5.73 Å². The lowest BCUT2D eigenvalue weighted by atomic mass is 10.4. The maximum absolute atomic E-state index is 5.34. The van der Waals surface area contributed by atoms with Crippen LogP contribution in [0.4, 0.5) is 0 Å². The average molecular weight is 158 g/mol. The highest BCUT2D eigenvalue weighted by Gasteiger charge is 1.92. The van der Waals surface area contributed by atoms with Crippen molar-refractivity contribution < 1.29 is 0 Å². The Balaban J connectivity index is 3.48.